The standard InChI is InChI=1S/C13H17N5O/c1-3-9-5-4-6-15-11(9)8-16-13(19)10-7-17-18(2)12(10)14/h4-7H,3,8,14H2,1-2H3,(H,16,19). The maximum absolute atomic E-state index is 12.0. The maximum atomic E-state index is 12.0. The number of nitrogen functional groups attached to an aromatic ring is 1. The van der Waals surface area contributed by atoms with E-state index < -0.39 is 0 Å². The first-order valence-corrected chi connectivity index (χ1v) is 6.12. The first kappa shape index (κ1) is 13.1. The normalized spacial score (nSPS) is 10.4. The number of aromatic nitrogens is 3. The molecule has 1 amide bonds. The van der Waals surface area contributed by atoms with Crippen LogP contribution in [0, 0.1) is 0 Å². The van der Waals surface area contributed by atoms with Gasteiger partial charge in [0.25, 0.3) is 5.91 Å². The fraction of sp³-hybridized carbons (Fsp3) is 0.308. The van der Waals surface area contributed by atoms with Gasteiger partial charge in [0.15, 0.2) is 0 Å². The maximum Gasteiger partial charge on any atom is 0.256 e. The van der Waals surface area contributed by atoms with E-state index in [2.05, 4.69) is 22.3 Å². The zero-order valence-electron chi connectivity index (χ0n) is 11.1. The molecule has 2 heterocycles. The molecule has 0 bridgehead atoms. The molecule has 100 valence electrons. The van der Waals surface area contributed by atoms with E-state index in [0.29, 0.717) is 17.9 Å². The van der Waals surface area contributed by atoms with Crippen LogP contribution in [0.4, 0.5) is 5.82 Å². The zero-order chi connectivity index (χ0) is 13.8. The van der Waals surface area contributed by atoms with Crippen LogP contribution < -0.4 is 11.1 Å². The number of nitrogens with one attached hydrogen (secondary N) is 1. The number of pyridine rings is 1. The van der Waals surface area contributed by atoms with Crippen LogP contribution in [-0.4, -0.2) is 20.7 Å². The first-order chi connectivity index (χ1) is 9.13. The molecule has 2 rings (SSSR count). The fourth-order valence-corrected chi connectivity index (χ4v) is 1.83. The van der Waals surface area contributed by atoms with E-state index in [9.17, 15) is 4.79 Å². The Balaban J connectivity index is 2.07. The molecule has 2 aromatic heterocycles. The Bertz CT molecular complexity index is 590. The lowest BCUT2D eigenvalue weighted by atomic mass is 10.1. The van der Waals surface area contributed by atoms with E-state index in [-0.39, 0.29) is 5.91 Å². The Hall–Kier alpha value is -2.37. The highest BCUT2D eigenvalue weighted by Gasteiger charge is 2.13. The van der Waals surface area contributed by atoms with Crippen molar-refractivity contribution in [2.45, 2.75) is 19.9 Å². The summed E-state index contributed by atoms with van der Waals surface area (Å²) in [5.41, 5.74) is 8.14. The van der Waals surface area contributed by atoms with E-state index >= 15 is 0 Å². The molecule has 3 N–H and O–H groups in total. The van der Waals surface area contributed by atoms with Crippen LogP contribution in [-0.2, 0) is 20.0 Å². The number of anilines is 1. The van der Waals surface area contributed by atoms with Gasteiger partial charge in [0.2, 0.25) is 0 Å². The summed E-state index contributed by atoms with van der Waals surface area (Å²) in [7, 11) is 1.69. The molecule has 0 aliphatic carbocycles. The largest absolute Gasteiger partial charge is 0.383 e. The minimum absolute atomic E-state index is 0.238. The number of amides is 1. The second kappa shape index (κ2) is 5.51. The molecule has 6 nitrogen and oxygen atoms in total. The van der Waals surface area contributed by atoms with Crippen molar-refractivity contribution >= 4 is 11.7 Å². The van der Waals surface area contributed by atoms with Crippen molar-refractivity contribution in [2.24, 2.45) is 7.05 Å². The Labute approximate surface area is 111 Å². The number of aryl methyl sites for hydroxylation is 2. The number of rotatable bonds is 4. The molecule has 0 saturated heterocycles. The van der Waals surface area contributed by atoms with E-state index in [1.54, 1.807) is 13.2 Å². The van der Waals surface area contributed by atoms with Gasteiger partial charge in [-0.1, -0.05) is 13.0 Å². The molecule has 0 fully saturated rings. The molecule has 0 aliphatic rings. The quantitative estimate of drug-likeness (QED) is 0.853. The second-order valence-corrected chi connectivity index (χ2v) is 4.21. The van der Waals surface area contributed by atoms with Gasteiger partial charge in [-0.2, -0.15) is 5.10 Å². The number of hydrogen-bond acceptors (Lipinski definition) is 4. The summed E-state index contributed by atoms with van der Waals surface area (Å²) in [5, 5.41) is 6.75. The van der Waals surface area contributed by atoms with Crippen molar-refractivity contribution in [3.05, 3.63) is 41.3 Å². The summed E-state index contributed by atoms with van der Waals surface area (Å²) >= 11 is 0. The van der Waals surface area contributed by atoms with Gasteiger partial charge in [-0.25, -0.2) is 0 Å². The molecular weight excluding hydrogens is 242 g/mol. The molecule has 19 heavy (non-hydrogen) atoms. The van der Waals surface area contributed by atoms with Crippen molar-refractivity contribution in [3.63, 3.8) is 0 Å². The topological polar surface area (TPSA) is 85.8 Å². The van der Waals surface area contributed by atoms with Crippen molar-refractivity contribution in [2.75, 3.05) is 5.73 Å². The minimum atomic E-state index is -0.238. The van der Waals surface area contributed by atoms with Crippen LogP contribution in [0.25, 0.3) is 0 Å². The monoisotopic (exact) mass is 259 g/mol. The molecular formula is C13H17N5O. The van der Waals surface area contributed by atoms with Gasteiger partial charge in [-0.3, -0.25) is 14.5 Å². The highest BCUT2D eigenvalue weighted by molar-refractivity contribution is 5.98. The summed E-state index contributed by atoms with van der Waals surface area (Å²) in [5.74, 6) is 0.118. The third-order valence-electron chi connectivity index (χ3n) is 3.01. The number of nitrogens with two attached hydrogens (primary N) is 1. The molecule has 0 spiro atoms. The fourth-order valence-electron chi connectivity index (χ4n) is 1.83. The van der Waals surface area contributed by atoms with Crippen LogP contribution in [0.3, 0.4) is 0 Å². The van der Waals surface area contributed by atoms with Crippen LogP contribution in [0.1, 0.15) is 28.5 Å². The predicted molar refractivity (Wildman–Crippen MR) is 72.4 cm³/mol. The molecule has 0 saturated carbocycles. The SMILES string of the molecule is CCc1cccnc1CNC(=O)c1cnn(C)c1N. The highest BCUT2D eigenvalue weighted by atomic mass is 16.1. The lowest BCUT2D eigenvalue weighted by molar-refractivity contribution is 0.0951. The van der Waals surface area contributed by atoms with Crippen LogP contribution >= 0.6 is 0 Å². The molecule has 0 unspecified atom stereocenters. The molecule has 6 heteroatoms. The van der Waals surface area contributed by atoms with Gasteiger partial charge >= 0.3 is 0 Å². The van der Waals surface area contributed by atoms with Gasteiger partial charge < -0.3 is 11.1 Å². The summed E-state index contributed by atoms with van der Waals surface area (Å²) in [6.45, 7) is 2.44. The van der Waals surface area contributed by atoms with Gasteiger partial charge in [-0.15, -0.1) is 0 Å². The van der Waals surface area contributed by atoms with Crippen molar-refractivity contribution < 1.29 is 4.79 Å². The first-order valence-electron chi connectivity index (χ1n) is 6.12. The Kier molecular flexibility index (Phi) is 3.79. The van der Waals surface area contributed by atoms with E-state index in [0.717, 1.165) is 17.7 Å². The molecule has 0 aromatic carbocycles. The zero-order valence-corrected chi connectivity index (χ0v) is 11.1. The minimum Gasteiger partial charge on any atom is -0.383 e. The second-order valence-electron chi connectivity index (χ2n) is 4.21. The van der Waals surface area contributed by atoms with Gasteiger partial charge in [0.1, 0.15) is 11.4 Å². The van der Waals surface area contributed by atoms with Crippen molar-refractivity contribution in [3.8, 4) is 0 Å². The highest BCUT2D eigenvalue weighted by Crippen LogP contribution is 2.10. The number of carbonyl (C=O) groups excluding carboxylic acids is 1. The van der Waals surface area contributed by atoms with Gasteiger partial charge in [0.05, 0.1) is 18.4 Å². The number of carbonyl (C=O) groups is 1. The lowest BCUT2D eigenvalue weighted by Gasteiger charge is -2.08. The van der Waals surface area contributed by atoms with Crippen LogP contribution in [0.5, 0.6) is 0 Å². The van der Waals surface area contributed by atoms with E-state index in [4.69, 9.17) is 5.73 Å². The van der Waals surface area contributed by atoms with Crippen molar-refractivity contribution in [1.82, 2.24) is 20.1 Å². The summed E-state index contributed by atoms with van der Waals surface area (Å²) < 4.78 is 1.47. The molecule has 0 radical (unpaired) electrons. The molecule has 0 atom stereocenters. The summed E-state index contributed by atoms with van der Waals surface area (Å²) in [6.07, 6.45) is 4.07. The van der Waals surface area contributed by atoms with Gasteiger partial charge in [0, 0.05) is 13.2 Å². The van der Waals surface area contributed by atoms with Crippen molar-refractivity contribution in [1.29, 1.82) is 0 Å². The predicted octanol–water partition coefficient (Wildman–Crippen LogP) is 0.890. The Morgan fingerprint density at radius 3 is 2.95 bits per heavy atom. The number of nitrogens with zero attached hydrogens (tertiary/aromatic N) is 3. The summed E-state index contributed by atoms with van der Waals surface area (Å²) in [6, 6.07) is 3.90. The lowest BCUT2D eigenvalue weighted by Crippen LogP contribution is -2.24. The van der Waals surface area contributed by atoms with E-state index in [1.807, 2.05) is 12.1 Å². The number of hydrogen-bond donors (Lipinski definition) is 2. The molecule has 2 aromatic rings. The average molecular weight is 259 g/mol. The smallest absolute Gasteiger partial charge is 0.256 e. The third-order valence-corrected chi connectivity index (χ3v) is 3.01. The third kappa shape index (κ3) is 2.73. The van der Waals surface area contributed by atoms with Crippen LogP contribution in [0.15, 0.2) is 24.5 Å². The van der Waals surface area contributed by atoms with Crippen LogP contribution in [0.2, 0.25) is 0 Å². The Morgan fingerprint density at radius 1 is 1.53 bits per heavy atom. The average Bonchev–Trinajstić information content (AvgIpc) is 2.77. The Morgan fingerprint density at radius 2 is 2.32 bits per heavy atom. The summed E-state index contributed by atoms with van der Waals surface area (Å²) in [4.78, 5) is 16.3. The molecule has 0 aliphatic heterocycles. The van der Waals surface area contributed by atoms with Gasteiger partial charge in [-0.05, 0) is 18.1 Å². The van der Waals surface area contributed by atoms with E-state index in [1.165, 1.54) is 10.9 Å².